The van der Waals surface area contributed by atoms with Gasteiger partial charge in [0, 0.05) is 10.6 Å². The molecule has 0 aliphatic rings. The van der Waals surface area contributed by atoms with Gasteiger partial charge in [-0.05, 0) is 43.3 Å². The van der Waals surface area contributed by atoms with Crippen LogP contribution in [0.1, 0.15) is 33.2 Å². The zero-order valence-electron chi connectivity index (χ0n) is 11.9. The minimum atomic E-state index is -4.69. The zero-order chi connectivity index (χ0) is 17.2. The highest BCUT2D eigenvalue weighted by Crippen LogP contribution is 2.35. The normalized spacial score (nSPS) is 11.2. The summed E-state index contributed by atoms with van der Waals surface area (Å²) in [6.07, 6.45) is -4.69. The minimum Gasteiger partial charge on any atom is -0.321 e. The highest BCUT2D eigenvalue weighted by Gasteiger charge is 2.35. The molecule has 2 rings (SSSR count). The first kappa shape index (κ1) is 17.0. The van der Waals surface area contributed by atoms with Gasteiger partial charge >= 0.3 is 6.18 Å². The summed E-state index contributed by atoms with van der Waals surface area (Å²) in [5.74, 6) is -1.42. The highest BCUT2D eigenvalue weighted by molar-refractivity contribution is 6.30. The number of rotatable bonds is 3. The van der Waals surface area contributed by atoms with Crippen LogP contribution in [0.4, 0.5) is 18.9 Å². The van der Waals surface area contributed by atoms with E-state index in [2.05, 4.69) is 5.32 Å². The molecule has 0 aromatic heterocycles. The molecule has 0 saturated heterocycles. The van der Waals surface area contributed by atoms with Crippen molar-refractivity contribution in [1.82, 2.24) is 0 Å². The van der Waals surface area contributed by atoms with Crippen molar-refractivity contribution in [1.29, 1.82) is 0 Å². The zero-order valence-corrected chi connectivity index (χ0v) is 12.6. The summed E-state index contributed by atoms with van der Waals surface area (Å²) in [7, 11) is 0. The Morgan fingerprint density at radius 2 is 1.65 bits per heavy atom. The maximum atomic E-state index is 13.0. The average molecular weight is 342 g/mol. The number of amides is 1. The molecule has 0 fully saturated rings. The van der Waals surface area contributed by atoms with Crippen LogP contribution in [0.3, 0.4) is 0 Å². The molecule has 2 aromatic carbocycles. The smallest absolute Gasteiger partial charge is 0.321 e. The molecule has 1 amide bonds. The maximum absolute atomic E-state index is 13.0. The molecule has 0 bridgehead atoms. The van der Waals surface area contributed by atoms with Gasteiger partial charge in [-0.3, -0.25) is 9.59 Å². The third-order valence-electron chi connectivity index (χ3n) is 3.08. The number of benzene rings is 2. The van der Waals surface area contributed by atoms with Crippen LogP contribution >= 0.6 is 11.6 Å². The molecule has 0 atom stereocenters. The van der Waals surface area contributed by atoms with Crippen LogP contribution in [0.2, 0.25) is 5.02 Å². The average Bonchev–Trinajstić information content (AvgIpc) is 2.46. The quantitative estimate of drug-likeness (QED) is 0.814. The molecule has 0 unspecified atom stereocenters. The van der Waals surface area contributed by atoms with Gasteiger partial charge in [-0.2, -0.15) is 13.2 Å². The molecule has 0 heterocycles. The van der Waals surface area contributed by atoms with Crippen LogP contribution in [0.25, 0.3) is 0 Å². The van der Waals surface area contributed by atoms with Crippen molar-refractivity contribution in [2.24, 2.45) is 0 Å². The van der Waals surface area contributed by atoms with Crippen LogP contribution in [0, 0.1) is 0 Å². The molecular formula is C16H11ClF3NO2. The lowest BCUT2D eigenvalue weighted by Crippen LogP contribution is -2.18. The number of Topliss-reactive ketones (excluding diaryl/α,β-unsaturated/α-hetero) is 1. The number of hydrogen-bond donors (Lipinski definition) is 1. The van der Waals surface area contributed by atoms with Crippen molar-refractivity contribution < 1.29 is 22.8 Å². The van der Waals surface area contributed by atoms with Gasteiger partial charge in [-0.1, -0.05) is 17.7 Å². The third kappa shape index (κ3) is 3.90. The van der Waals surface area contributed by atoms with E-state index in [1.807, 2.05) is 0 Å². The van der Waals surface area contributed by atoms with Gasteiger partial charge in [0.25, 0.3) is 5.91 Å². The maximum Gasteiger partial charge on any atom is 0.417 e. The summed E-state index contributed by atoms with van der Waals surface area (Å²) in [5, 5.41) is 2.76. The molecule has 120 valence electrons. The number of alkyl halides is 3. The predicted molar refractivity (Wildman–Crippen MR) is 80.9 cm³/mol. The number of nitrogens with one attached hydrogen (secondary N) is 1. The Morgan fingerprint density at radius 1 is 1.04 bits per heavy atom. The number of halogens is 4. The van der Waals surface area contributed by atoms with Crippen LogP contribution < -0.4 is 5.32 Å². The second-order valence-corrected chi connectivity index (χ2v) is 5.18. The molecule has 1 N–H and O–H groups in total. The van der Waals surface area contributed by atoms with E-state index in [-0.39, 0.29) is 11.3 Å². The van der Waals surface area contributed by atoms with Crippen molar-refractivity contribution in [3.05, 3.63) is 64.2 Å². The van der Waals surface area contributed by atoms with E-state index < -0.39 is 29.0 Å². The van der Waals surface area contributed by atoms with E-state index in [4.69, 9.17) is 11.6 Å². The van der Waals surface area contributed by atoms with Gasteiger partial charge in [-0.25, -0.2) is 0 Å². The molecular weight excluding hydrogens is 331 g/mol. The predicted octanol–water partition coefficient (Wildman–Crippen LogP) is 4.81. The fraction of sp³-hybridized carbons (Fsp3) is 0.125. The highest BCUT2D eigenvalue weighted by atomic mass is 35.5. The van der Waals surface area contributed by atoms with Gasteiger partial charge < -0.3 is 5.32 Å². The monoisotopic (exact) mass is 341 g/mol. The van der Waals surface area contributed by atoms with E-state index in [9.17, 15) is 22.8 Å². The lowest BCUT2D eigenvalue weighted by Gasteiger charge is -2.15. The summed E-state index contributed by atoms with van der Waals surface area (Å²) >= 11 is 5.71. The molecule has 0 aliphatic carbocycles. The largest absolute Gasteiger partial charge is 0.417 e. The summed E-state index contributed by atoms with van der Waals surface area (Å²) in [5.41, 5.74) is -1.63. The fourth-order valence-corrected chi connectivity index (χ4v) is 2.19. The number of carbonyl (C=O) groups excluding carboxylic acids is 2. The summed E-state index contributed by atoms with van der Waals surface area (Å²) < 4.78 is 39.0. The molecule has 2 aromatic rings. The first-order valence-electron chi connectivity index (χ1n) is 6.48. The summed E-state index contributed by atoms with van der Waals surface area (Å²) in [6.45, 7) is 1.02. The number of ketones is 1. The molecule has 0 spiro atoms. The number of hydrogen-bond acceptors (Lipinski definition) is 2. The van der Waals surface area contributed by atoms with Crippen molar-refractivity contribution in [3.8, 4) is 0 Å². The first-order chi connectivity index (χ1) is 10.7. The Kier molecular flexibility index (Phi) is 4.75. The molecule has 0 radical (unpaired) electrons. The van der Waals surface area contributed by atoms with E-state index in [0.29, 0.717) is 5.02 Å². The van der Waals surface area contributed by atoms with Crippen molar-refractivity contribution in [2.45, 2.75) is 13.1 Å². The summed E-state index contributed by atoms with van der Waals surface area (Å²) in [6, 6.07) is 9.00. The summed E-state index contributed by atoms with van der Waals surface area (Å²) in [4.78, 5) is 23.7. The Bertz CT molecular complexity index is 755. The second-order valence-electron chi connectivity index (χ2n) is 4.74. The third-order valence-corrected chi connectivity index (χ3v) is 3.33. The Labute approximate surface area is 135 Å². The van der Waals surface area contributed by atoms with E-state index in [1.54, 1.807) is 0 Å². The molecule has 0 aliphatic heterocycles. The van der Waals surface area contributed by atoms with Crippen molar-refractivity contribution >= 4 is 29.0 Å². The Hall–Kier alpha value is -2.34. The SMILES string of the molecule is CC(=O)c1c(NC(=O)c2ccc(Cl)cc2)cccc1C(F)(F)F. The van der Waals surface area contributed by atoms with Gasteiger partial charge in [0.2, 0.25) is 0 Å². The van der Waals surface area contributed by atoms with Crippen LogP contribution in [-0.2, 0) is 6.18 Å². The first-order valence-corrected chi connectivity index (χ1v) is 6.86. The minimum absolute atomic E-state index is 0.188. The standard InChI is InChI=1S/C16H11ClF3NO2/c1-9(22)14-12(16(18,19)20)3-2-4-13(14)21-15(23)10-5-7-11(17)8-6-10/h2-8H,1H3,(H,21,23). The van der Waals surface area contributed by atoms with Crippen molar-refractivity contribution in [3.63, 3.8) is 0 Å². The topological polar surface area (TPSA) is 46.2 Å². The Balaban J connectivity index is 2.42. The second kappa shape index (κ2) is 6.42. The van der Waals surface area contributed by atoms with E-state index >= 15 is 0 Å². The lowest BCUT2D eigenvalue weighted by atomic mass is 10.0. The molecule has 23 heavy (non-hydrogen) atoms. The number of carbonyl (C=O) groups is 2. The Morgan fingerprint density at radius 3 is 2.17 bits per heavy atom. The van der Waals surface area contributed by atoms with E-state index in [0.717, 1.165) is 19.1 Å². The van der Waals surface area contributed by atoms with Gasteiger partial charge in [-0.15, -0.1) is 0 Å². The van der Waals surface area contributed by atoms with E-state index in [1.165, 1.54) is 30.3 Å². The van der Waals surface area contributed by atoms with Crippen molar-refractivity contribution in [2.75, 3.05) is 5.32 Å². The van der Waals surface area contributed by atoms with Gasteiger partial charge in [0.05, 0.1) is 16.8 Å². The fourth-order valence-electron chi connectivity index (χ4n) is 2.07. The van der Waals surface area contributed by atoms with Crippen LogP contribution in [-0.4, -0.2) is 11.7 Å². The number of anilines is 1. The van der Waals surface area contributed by atoms with Gasteiger partial charge in [0.15, 0.2) is 5.78 Å². The molecule has 0 saturated carbocycles. The lowest BCUT2D eigenvalue weighted by molar-refractivity contribution is -0.137. The van der Waals surface area contributed by atoms with Gasteiger partial charge in [0.1, 0.15) is 0 Å². The molecule has 3 nitrogen and oxygen atoms in total. The molecule has 7 heteroatoms. The van der Waals surface area contributed by atoms with Crippen LogP contribution in [0.15, 0.2) is 42.5 Å². The van der Waals surface area contributed by atoms with Crippen LogP contribution in [0.5, 0.6) is 0 Å².